The van der Waals surface area contributed by atoms with Crippen molar-refractivity contribution in [3.63, 3.8) is 0 Å². The molecule has 1 amide bonds. The van der Waals surface area contributed by atoms with Crippen molar-refractivity contribution in [1.82, 2.24) is 0 Å². The van der Waals surface area contributed by atoms with Crippen LogP contribution in [0.2, 0.25) is 0 Å². The quantitative estimate of drug-likeness (QED) is 0.691. The first-order chi connectivity index (χ1) is 13.7. The molecule has 0 radical (unpaired) electrons. The monoisotopic (exact) mass is 394 g/mol. The van der Waals surface area contributed by atoms with E-state index in [4.69, 9.17) is 0 Å². The van der Waals surface area contributed by atoms with E-state index in [9.17, 15) is 13.6 Å². The zero-order valence-electron chi connectivity index (χ0n) is 16.8. The topological polar surface area (TPSA) is 32.3 Å². The molecule has 5 heteroatoms. The predicted octanol–water partition coefficient (Wildman–Crippen LogP) is 6.02. The van der Waals surface area contributed by atoms with Crippen LogP contribution in [0.15, 0.2) is 71.6 Å². The lowest BCUT2D eigenvalue weighted by atomic mass is 9.72. The molecule has 29 heavy (non-hydrogen) atoms. The summed E-state index contributed by atoms with van der Waals surface area (Å²) in [6.45, 7) is 6.58. The Morgan fingerprint density at radius 3 is 2.38 bits per heavy atom. The number of allylic oxidation sites excluding steroid dienone is 2. The van der Waals surface area contributed by atoms with Crippen LogP contribution < -0.4 is 10.2 Å². The second kappa shape index (κ2) is 7.14. The number of hydrogen-bond acceptors (Lipinski definition) is 2. The van der Waals surface area contributed by atoms with E-state index in [1.54, 1.807) is 29.2 Å². The number of carbonyl (C=O) groups is 1. The number of rotatable bonds is 3. The number of halogens is 2. The summed E-state index contributed by atoms with van der Waals surface area (Å²) in [5, 5.41) is 3.13. The SMILES string of the molecule is CC(C)(C)C1CC=C2C(=C(Nc3cccc(F)c3)C(=O)N2c2cccc(F)c2)C1. The van der Waals surface area contributed by atoms with E-state index in [-0.39, 0.29) is 17.1 Å². The maximum absolute atomic E-state index is 13.9. The van der Waals surface area contributed by atoms with Crippen LogP contribution in [0.3, 0.4) is 0 Å². The zero-order chi connectivity index (χ0) is 20.8. The molecule has 0 saturated carbocycles. The summed E-state index contributed by atoms with van der Waals surface area (Å²) in [6, 6.07) is 12.1. The molecule has 0 aromatic heterocycles. The smallest absolute Gasteiger partial charge is 0.279 e. The predicted molar refractivity (Wildman–Crippen MR) is 111 cm³/mol. The summed E-state index contributed by atoms with van der Waals surface area (Å²) in [5.41, 5.74) is 3.20. The summed E-state index contributed by atoms with van der Waals surface area (Å²) in [6.07, 6.45) is 3.64. The van der Waals surface area contributed by atoms with Crippen molar-refractivity contribution < 1.29 is 13.6 Å². The van der Waals surface area contributed by atoms with E-state index in [1.807, 2.05) is 0 Å². The van der Waals surface area contributed by atoms with E-state index in [0.717, 1.165) is 24.1 Å². The molecule has 1 atom stereocenters. The average Bonchev–Trinajstić information content (AvgIpc) is 2.92. The molecule has 2 aromatic rings. The van der Waals surface area contributed by atoms with Gasteiger partial charge in [-0.2, -0.15) is 0 Å². The fourth-order valence-electron chi connectivity index (χ4n) is 3.99. The molecule has 4 rings (SSSR count). The molecule has 2 aromatic carbocycles. The minimum Gasteiger partial charge on any atom is -0.351 e. The maximum atomic E-state index is 13.9. The van der Waals surface area contributed by atoms with Gasteiger partial charge in [0.15, 0.2) is 0 Å². The molecule has 1 unspecified atom stereocenters. The van der Waals surface area contributed by atoms with Gasteiger partial charge in [-0.15, -0.1) is 0 Å². The van der Waals surface area contributed by atoms with Crippen LogP contribution in [-0.4, -0.2) is 5.91 Å². The van der Waals surface area contributed by atoms with Crippen LogP contribution in [0, 0.1) is 23.0 Å². The third-order valence-electron chi connectivity index (χ3n) is 5.70. The highest BCUT2D eigenvalue weighted by Gasteiger charge is 2.41. The highest BCUT2D eigenvalue weighted by Crippen LogP contribution is 2.46. The molecular weight excluding hydrogens is 370 g/mol. The molecule has 0 bridgehead atoms. The van der Waals surface area contributed by atoms with Gasteiger partial charge in [-0.05, 0) is 60.6 Å². The standard InChI is InChI=1S/C24H24F2N2O/c1-24(2,3)15-10-11-21-20(12-15)22(27-18-8-4-6-16(25)13-18)23(29)28(21)19-9-5-7-17(26)14-19/h4-9,11,13-15,27H,10,12H2,1-3H3. The Morgan fingerprint density at radius 2 is 1.72 bits per heavy atom. The minimum absolute atomic E-state index is 0.0777. The van der Waals surface area contributed by atoms with Crippen molar-refractivity contribution in [2.45, 2.75) is 33.6 Å². The fraction of sp³-hybridized carbons (Fsp3) is 0.292. The van der Waals surface area contributed by atoms with E-state index in [1.165, 1.54) is 24.3 Å². The van der Waals surface area contributed by atoms with Gasteiger partial charge in [0.1, 0.15) is 17.3 Å². The lowest BCUT2D eigenvalue weighted by molar-refractivity contribution is -0.114. The average molecular weight is 394 g/mol. The third kappa shape index (κ3) is 3.69. The summed E-state index contributed by atoms with van der Waals surface area (Å²) in [5.74, 6) is -0.658. The molecule has 1 aliphatic heterocycles. The van der Waals surface area contributed by atoms with Gasteiger partial charge in [0.2, 0.25) is 0 Å². The number of nitrogens with zero attached hydrogens (tertiary/aromatic N) is 1. The molecule has 2 aliphatic rings. The van der Waals surface area contributed by atoms with Gasteiger partial charge >= 0.3 is 0 Å². The van der Waals surface area contributed by atoms with Gasteiger partial charge < -0.3 is 5.32 Å². The van der Waals surface area contributed by atoms with Crippen molar-refractivity contribution in [1.29, 1.82) is 0 Å². The summed E-state index contributed by atoms with van der Waals surface area (Å²) >= 11 is 0. The van der Waals surface area contributed by atoms with E-state index < -0.39 is 5.82 Å². The Morgan fingerprint density at radius 1 is 1.03 bits per heavy atom. The van der Waals surface area contributed by atoms with Gasteiger partial charge in [-0.3, -0.25) is 9.69 Å². The number of nitrogens with one attached hydrogen (secondary N) is 1. The number of amides is 1. The van der Waals surface area contributed by atoms with Crippen LogP contribution in [0.5, 0.6) is 0 Å². The number of hydrogen-bond donors (Lipinski definition) is 1. The van der Waals surface area contributed by atoms with Crippen molar-refractivity contribution >= 4 is 17.3 Å². The number of anilines is 2. The van der Waals surface area contributed by atoms with Crippen LogP contribution in [0.1, 0.15) is 33.6 Å². The van der Waals surface area contributed by atoms with Crippen LogP contribution in [0.25, 0.3) is 0 Å². The molecule has 0 spiro atoms. The Labute approximate surface area is 169 Å². The Balaban J connectivity index is 1.79. The van der Waals surface area contributed by atoms with Crippen molar-refractivity contribution in [2.24, 2.45) is 11.3 Å². The largest absolute Gasteiger partial charge is 0.351 e. The van der Waals surface area contributed by atoms with Gasteiger partial charge in [0.25, 0.3) is 5.91 Å². The molecule has 1 aliphatic carbocycles. The number of fused-ring (bicyclic) bond motifs is 1. The second-order valence-electron chi connectivity index (χ2n) is 8.70. The zero-order valence-corrected chi connectivity index (χ0v) is 16.8. The summed E-state index contributed by atoms with van der Waals surface area (Å²) in [7, 11) is 0. The first-order valence-electron chi connectivity index (χ1n) is 9.80. The van der Waals surface area contributed by atoms with Crippen molar-refractivity contribution in [3.8, 4) is 0 Å². The van der Waals surface area contributed by atoms with Gasteiger partial charge in [-0.1, -0.05) is 39.0 Å². The lowest BCUT2D eigenvalue weighted by Crippen LogP contribution is -2.29. The maximum Gasteiger partial charge on any atom is 0.279 e. The van der Waals surface area contributed by atoms with Crippen LogP contribution >= 0.6 is 0 Å². The molecule has 1 N–H and O–H groups in total. The first-order valence-corrected chi connectivity index (χ1v) is 9.80. The lowest BCUT2D eigenvalue weighted by Gasteiger charge is -2.34. The number of carbonyl (C=O) groups excluding carboxylic acids is 1. The minimum atomic E-state index is -0.396. The summed E-state index contributed by atoms with van der Waals surface area (Å²) in [4.78, 5) is 14.9. The van der Waals surface area contributed by atoms with E-state index in [0.29, 0.717) is 23.0 Å². The Kier molecular flexibility index (Phi) is 4.77. The molecule has 0 saturated heterocycles. The fourth-order valence-corrected chi connectivity index (χ4v) is 3.99. The van der Waals surface area contributed by atoms with Gasteiger partial charge in [0, 0.05) is 11.3 Å². The summed E-state index contributed by atoms with van der Waals surface area (Å²) < 4.78 is 27.5. The highest BCUT2D eigenvalue weighted by molar-refractivity contribution is 6.15. The Hall–Kier alpha value is -2.95. The van der Waals surface area contributed by atoms with Gasteiger partial charge in [-0.25, -0.2) is 8.78 Å². The van der Waals surface area contributed by atoms with Crippen LogP contribution in [0.4, 0.5) is 20.2 Å². The molecule has 150 valence electrons. The van der Waals surface area contributed by atoms with E-state index in [2.05, 4.69) is 32.2 Å². The highest BCUT2D eigenvalue weighted by atomic mass is 19.1. The number of benzene rings is 2. The van der Waals surface area contributed by atoms with Gasteiger partial charge in [0.05, 0.1) is 11.4 Å². The third-order valence-corrected chi connectivity index (χ3v) is 5.70. The molecule has 1 heterocycles. The molecule has 3 nitrogen and oxygen atoms in total. The first kappa shape index (κ1) is 19.4. The van der Waals surface area contributed by atoms with E-state index >= 15 is 0 Å². The van der Waals surface area contributed by atoms with Crippen LogP contribution in [-0.2, 0) is 4.79 Å². The normalized spacial score (nSPS) is 19.3. The Bertz CT molecular complexity index is 1030. The second-order valence-corrected chi connectivity index (χ2v) is 8.70. The molecular formula is C24H24F2N2O. The van der Waals surface area contributed by atoms with Crippen molar-refractivity contribution in [3.05, 3.63) is 83.2 Å². The molecule has 0 fully saturated rings. The van der Waals surface area contributed by atoms with Crippen molar-refractivity contribution in [2.75, 3.05) is 10.2 Å².